The van der Waals surface area contributed by atoms with Gasteiger partial charge in [0, 0.05) is 18.1 Å². The molecule has 0 spiro atoms. The van der Waals surface area contributed by atoms with Crippen molar-refractivity contribution in [1.82, 2.24) is 5.32 Å². The Morgan fingerprint density at radius 2 is 1.55 bits per heavy atom. The lowest BCUT2D eigenvalue weighted by Crippen LogP contribution is -2.12. The van der Waals surface area contributed by atoms with Gasteiger partial charge < -0.3 is 10.1 Å². The Balaban J connectivity index is 1.96. The quantitative estimate of drug-likeness (QED) is 0.723. The summed E-state index contributed by atoms with van der Waals surface area (Å²) in [6.07, 6.45) is 0. The van der Waals surface area contributed by atoms with Gasteiger partial charge in [-0.05, 0) is 67.3 Å². The number of nitrogens with one attached hydrogen (secondary N) is 1. The maximum absolute atomic E-state index is 5.86. The molecule has 0 radical (unpaired) electrons. The van der Waals surface area contributed by atoms with Crippen LogP contribution in [0.1, 0.15) is 11.1 Å². The van der Waals surface area contributed by atoms with Crippen LogP contribution in [-0.2, 0) is 13.1 Å². The van der Waals surface area contributed by atoms with Crippen molar-refractivity contribution >= 4 is 43.5 Å². The average Bonchev–Trinajstić information content (AvgIpc) is 2.41. The van der Waals surface area contributed by atoms with E-state index in [-0.39, 0.29) is 0 Å². The molecule has 0 aliphatic heterocycles. The van der Waals surface area contributed by atoms with Crippen LogP contribution in [0, 0.1) is 0 Å². The van der Waals surface area contributed by atoms with Crippen molar-refractivity contribution in [3.8, 4) is 5.75 Å². The number of rotatable bonds is 5. The SMILES string of the molecule is COc1c(Br)cc(CNCc2ccc(Cl)cc2)cc1Br. The van der Waals surface area contributed by atoms with E-state index in [2.05, 4.69) is 49.3 Å². The normalized spacial score (nSPS) is 10.6. The summed E-state index contributed by atoms with van der Waals surface area (Å²) in [5, 5.41) is 4.16. The van der Waals surface area contributed by atoms with Crippen molar-refractivity contribution in [2.24, 2.45) is 0 Å². The molecule has 2 aromatic carbocycles. The first-order valence-corrected chi connectivity index (χ1v) is 8.03. The third-order valence-corrected chi connectivity index (χ3v) is 4.26. The molecule has 1 N–H and O–H groups in total. The fraction of sp³-hybridized carbons (Fsp3) is 0.200. The second kappa shape index (κ2) is 7.46. The van der Waals surface area contributed by atoms with Gasteiger partial charge in [-0.2, -0.15) is 0 Å². The van der Waals surface area contributed by atoms with Crippen molar-refractivity contribution in [3.63, 3.8) is 0 Å². The van der Waals surface area contributed by atoms with E-state index in [1.807, 2.05) is 24.3 Å². The molecular formula is C15H14Br2ClNO. The van der Waals surface area contributed by atoms with E-state index in [0.29, 0.717) is 0 Å². The number of hydrogen-bond donors (Lipinski definition) is 1. The first-order chi connectivity index (χ1) is 9.60. The van der Waals surface area contributed by atoms with Gasteiger partial charge in [0.2, 0.25) is 0 Å². The molecule has 0 fully saturated rings. The van der Waals surface area contributed by atoms with E-state index < -0.39 is 0 Å². The van der Waals surface area contributed by atoms with Crippen LogP contribution >= 0.6 is 43.5 Å². The molecule has 2 nitrogen and oxygen atoms in total. The summed E-state index contributed by atoms with van der Waals surface area (Å²) in [6, 6.07) is 12.0. The molecular weight excluding hydrogens is 405 g/mol. The third-order valence-electron chi connectivity index (χ3n) is 2.83. The number of benzene rings is 2. The number of methoxy groups -OCH3 is 1. The Morgan fingerprint density at radius 1 is 1.00 bits per heavy atom. The molecule has 0 aliphatic carbocycles. The molecule has 2 aromatic rings. The molecule has 0 bridgehead atoms. The van der Waals surface area contributed by atoms with Crippen LogP contribution < -0.4 is 10.1 Å². The number of halogens is 3. The Kier molecular flexibility index (Phi) is 5.90. The molecule has 106 valence electrons. The Labute approximate surface area is 140 Å². The highest BCUT2D eigenvalue weighted by Crippen LogP contribution is 2.34. The van der Waals surface area contributed by atoms with Crippen LogP contribution in [0.3, 0.4) is 0 Å². The lowest BCUT2D eigenvalue weighted by atomic mass is 10.2. The van der Waals surface area contributed by atoms with E-state index in [4.69, 9.17) is 16.3 Å². The summed E-state index contributed by atoms with van der Waals surface area (Å²) >= 11 is 12.9. The fourth-order valence-electron chi connectivity index (χ4n) is 1.86. The molecule has 20 heavy (non-hydrogen) atoms. The largest absolute Gasteiger partial charge is 0.494 e. The molecule has 0 aliphatic rings. The summed E-state index contributed by atoms with van der Waals surface area (Å²) in [5.74, 6) is 0.812. The van der Waals surface area contributed by atoms with Gasteiger partial charge >= 0.3 is 0 Å². The topological polar surface area (TPSA) is 21.3 Å². The molecule has 0 atom stereocenters. The average molecular weight is 420 g/mol. The van der Waals surface area contributed by atoms with Gasteiger partial charge in [0.1, 0.15) is 5.75 Å². The molecule has 5 heteroatoms. The molecule has 0 heterocycles. The first-order valence-electron chi connectivity index (χ1n) is 6.07. The predicted molar refractivity (Wildman–Crippen MR) is 90.4 cm³/mol. The minimum atomic E-state index is 0.761. The third kappa shape index (κ3) is 4.22. The molecule has 0 saturated heterocycles. The minimum Gasteiger partial charge on any atom is -0.494 e. The zero-order valence-electron chi connectivity index (χ0n) is 10.9. The molecule has 0 amide bonds. The lowest BCUT2D eigenvalue weighted by molar-refractivity contribution is 0.409. The van der Waals surface area contributed by atoms with Gasteiger partial charge in [-0.15, -0.1) is 0 Å². The maximum Gasteiger partial charge on any atom is 0.147 e. The minimum absolute atomic E-state index is 0.761. The Morgan fingerprint density at radius 3 is 2.10 bits per heavy atom. The van der Waals surface area contributed by atoms with E-state index >= 15 is 0 Å². The van der Waals surface area contributed by atoms with Crippen molar-refractivity contribution in [1.29, 1.82) is 0 Å². The van der Waals surface area contributed by atoms with Crippen LogP contribution in [0.4, 0.5) is 0 Å². The summed E-state index contributed by atoms with van der Waals surface area (Å²) in [7, 11) is 1.66. The zero-order valence-corrected chi connectivity index (χ0v) is 14.8. The molecule has 0 unspecified atom stereocenters. The van der Waals surface area contributed by atoms with Gasteiger partial charge in [-0.1, -0.05) is 23.7 Å². The van der Waals surface area contributed by atoms with Crippen LogP contribution in [0.2, 0.25) is 5.02 Å². The van der Waals surface area contributed by atoms with E-state index in [0.717, 1.165) is 32.8 Å². The lowest BCUT2D eigenvalue weighted by Gasteiger charge is -2.10. The second-order valence-electron chi connectivity index (χ2n) is 4.32. The van der Waals surface area contributed by atoms with Crippen molar-refractivity contribution in [2.75, 3.05) is 7.11 Å². The monoisotopic (exact) mass is 417 g/mol. The summed E-state index contributed by atoms with van der Waals surface area (Å²) in [5.41, 5.74) is 2.39. The van der Waals surface area contributed by atoms with Crippen LogP contribution in [0.5, 0.6) is 5.75 Å². The number of hydrogen-bond acceptors (Lipinski definition) is 2. The van der Waals surface area contributed by atoms with Gasteiger partial charge in [0.25, 0.3) is 0 Å². The summed E-state index contributed by atoms with van der Waals surface area (Å²) in [6.45, 7) is 1.59. The predicted octanol–water partition coefficient (Wildman–Crippen LogP) is 5.16. The van der Waals surface area contributed by atoms with Gasteiger partial charge in [-0.3, -0.25) is 0 Å². The van der Waals surface area contributed by atoms with Gasteiger partial charge in [0.15, 0.2) is 0 Å². The van der Waals surface area contributed by atoms with Crippen LogP contribution in [0.25, 0.3) is 0 Å². The molecule has 0 aromatic heterocycles. The van der Waals surface area contributed by atoms with Crippen LogP contribution in [-0.4, -0.2) is 7.11 Å². The standard InChI is InChI=1S/C15H14Br2ClNO/c1-20-15-13(16)6-11(7-14(15)17)9-19-8-10-2-4-12(18)5-3-10/h2-7,19H,8-9H2,1H3. The summed E-state index contributed by atoms with van der Waals surface area (Å²) < 4.78 is 7.17. The van der Waals surface area contributed by atoms with E-state index in [1.165, 1.54) is 11.1 Å². The zero-order chi connectivity index (χ0) is 14.5. The number of ether oxygens (including phenoxy) is 1. The Bertz CT molecular complexity index is 564. The highest BCUT2D eigenvalue weighted by molar-refractivity contribution is 9.11. The van der Waals surface area contributed by atoms with Crippen molar-refractivity contribution < 1.29 is 4.74 Å². The van der Waals surface area contributed by atoms with Crippen molar-refractivity contribution in [2.45, 2.75) is 13.1 Å². The van der Waals surface area contributed by atoms with E-state index in [9.17, 15) is 0 Å². The smallest absolute Gasteiger partial charge is 0.147 e. The van der Waals surface area contributed by atoms with Crippen LogP contribution in [0.15, 0.2) is 45.3 Å². The maximum atomic E-state index is 5.86. The molecule has 0 saturated carbocycles. The molecule has 2 rings (SSSR count). The Hall–Kier alpha value is -0.550. The highest BCUT2D eigenvalue weighted by atomic mass is 79.9. The second-order valence-corrected chi connectivity index (χ2v) is 6.47. The van der Waals surface area contributed by atoms with Crippen molar-refractivity contribution in [3.05, 3.63) is 61.5 Å². The highest BCUT2D eigenvalue weighted by Gasteiger charge is 2.07. The van der Waals surface area contributed by atoms with E-state index in [1.54, 1.807) is 7.11 Å². The van der Waals surface area contributed by atoms with Gasteiger partial charge in [-0.25, -0.2) is 0 Å². The van der Waals surface area contributed by atoms with Gasteiger partial charge in [0.05, 0.1) is 16.1 Å². The first kappa shape index (κ1) is 15.8. The fourth-order valence-corrected chi connectivity index (χ4v) is 3.59. The summed E-state index contributed by atoms with van der Waals surface area (Å²) in [4.78, 5) is 0.